The molecule has 2 rings (SSSR count). The molecule has 0 bridgehead atoms. The molecule has 3 N–H and O–H groups in total. The Morgan fingerprint density at radius 3 is 2.56 bits per heavy atom. The highest BCUT2D eigenvalue weighted by atomic mass is 16.5. The molecule has 1 atom stereocenters. The van der Waals surface area contributed by atoms with Gasteiger partial charge in [-0.3, -0.25) is 4.79 Å². The van der Waals surface area contributed by atoms with Gasteiger partial charge in [0.05, 0.1) is 7.11 Å². The van der Waals surface area contributed by atoms with Gasteiger partial charge in [-0.1, -0.05) is 25.1 Å². The Hall–Kier alpha value is -2.53. The van der Waals surface area contributed by atoms with Crippen LogP contribution >= 0.6 is 0 Å². The van der Waals surface area contributed by atoms with Gasteiger partial charge in [0, 0.05) is 18.7 Å². The van der Waals surface area contributed by atoms with Gasteiger partial charge in [-0.2, -0.15) is 0 Å². The van der Waals surface area contributed by atoms with Crippen molar-refractivity contribution in [3.8, 4) is 11.5 Å². The Balaban J connectivity index is 1.84. The van der Waals surface area contributed by atoms with Gasteiger partial charge >= 0.3 is 0 Å². The van der Waals surface area contributed by atoms with E-state index in [4.69, 9.17) is 15.2 Å². The highest BCUT2D eigenvalue weighted by molar-refractivity contribution is 5.90. The first-order valence-corrected chi connectivity index (χ1v) is 8.47. The molecule has 2 aromatic rings. The van der Waals surface area contributed by atoms with Crippen LogP contribution in [0.2, 0.25) is 0 Å². The second kappa shape index (κ2) is 9.69. The standard InChI is InChI=1S/C20H26N2O3/c1-15(13-16-5-3-4-6-19(16)24-2)14-20(23)22-17-7-9-18(10-8-17)25-12-11-21/h3-10,15H,11-14,21H2,1-2H3,(H,22,23). The topological polar surface area (TPSA) is 73.6 Å². The molecular weight excluding hydrogens is 316 g/mol. The van der Waals surface area contributed by atoms with Gasteiger partial charge in [-0.15, -0.1) is 0 Å². The van der Waals surface area contributed by atoms with Gasteiger partial charge in [0.15, 0.2) is 0 Å². The number of ether oxygens (including phenoxy) is 2. The molecule has 0 saturated carbocycles. The quantitative estimate of drug-likeness (QED) is 0.734. The van der Waals surface area contributed by atoms with E-state index in [2.05, 4.69) is 12.2 Å². The van der Waals surface area contributed by atoms with Gasteiger partial charge < -0.3 is 20.5 Å². The third-order valence-electron chi connectivity index (χ3n) is 3.82. The number of nitrogens with two attached hydrogens (primary N) is 1. The maximum atomic E-state index is 12.2. The lowest BCUT2D eigenvalue weighted by Gasteiger charge is -2.14. The average Bonchev–Trinajstić information content (AvgIpc) is 2.61. The molecule has 2 aromatic carbocycles. The van der Waals surface area contributed by atoms with Crippen molar-refractivity contribution in [1.82, 2.24) is 0 Å². The Bertz CT molecular complexity index is 671. The van der Waals surface area contributed by atoms with Gasteiger partial charge in [-0.05, 0) is 48.2 Å². The molecule has 0 aromatic heterocycles. The van der Waals surface area contributed by atoms with E-state index in [9.17, 15) is 4.79 Å². The summed E-state index contributed by atoms with van der Waals surface area (Å²) in [6.07, 6.45) is 1.24. The maximum absolute atomic E-state index is 12.2. The number of para-hydroxylation sites is 1. The number of carbonyl (C=O) groups excluding carboxylic acids is 1. The summed E-state index contributed by atoms with van der Waals surface area (Å²) >= 11 is 0. The Morgan fingerprint density at radius 1 is 1.16 bits per heavy atom. The number of methoxy groups -OCH3 is 1. The SMILES string of the molecule is COc1ccccc1CC(C)CC(=O)Nc1ccc(OCCN)cc1. The lowest BCUT2D eigenvalue weighted by atomic mass is 9.97. The van der Waals surface area contributed by atoms with Gasteiger partial charge in [0.2, 0.25) is 5.91 Å². The number of hydrogen-bond donors (Lipinski definition) is 2. The predicted molar refractivity (Wildman–Crippen MR) is 100 cm³/mol. The van der Waals surface area contributed by atoms with Crippen molar-refractivity contribution in [1.29, 1.82) is 0 Å². The summed E-state index contributed by atoms with van der Waals surface area (Å²) in [6.45, 7) is 3.02. The monoisotopic (exact) mass is 342 g/mol. The summed E-state index contributed by atoms with van der Waals surface area (Å²) in [6, 6.07) is 15.2. The first-order valence-electron chi connectivity index (χ1n) is 8.47. The molecular formula is C20H26N2O3. The summed E-state index contributed by atoms with van der Waals surface area (Å²) in [7, 11) is 1.66. The molecule has 0 radical (unpaired) electrons. The van der Waals surface area contributed by atoms with Crippen LogP contribution in [0.15, 0.2) is 48.5 Å². The maximum Gasteiger partial charge on any atom is 0.224 e. The lowest BCUT2D eigenvalue weighted by molar-refractivity contribution is -0.116. The smallest absolute Gasteiger partial charge is 0.224 e. The Morgan fingerprint density at radius 2 is 1.88 bits per heavy atom. The minimum absolute atomic E-state index is 0.00183. The van der Waals surface area contributed by atoms with Crippen LogP contribution in [-0.2, 0) is 11.2 Å². The molecule has 134 valence electrons. The second-order valence-electron chi connectivity index (χ2n) is 6.03. The molecule has 25 heavy (non-hydrogen) atoms. The first kappa shape index (κ1) is 18.8. The van der Waals surface area contributed by atoms with Crippen molar-refractivity contribution in [2.24, 2.45) is 11.7 Å². The Labute approximate surface area is 149 Å². The second-order valence-corrected chi connectivity index (χ2v) is 6.03. The normalized spacial score (nSPS) is 11.6. The van der Waals surface area contributed by atoms with E-state index in [0.717, 1.165) is 29.2 Å². The molecule has 5 heteroatoms. The lowest BCUT2D eigenvalue weighted by Crippen LogP contribution is -2.16. The van der Waals surface area contributed by atoms with E-state index >= 15 is 0 Å². The fourth-order valence-electron chi connectivity index (χ4n) is 2.66. The predicted octanol–water partition coefficient (Wildman–Crippen LogP) is 3.24. The molecule has 0 aliphatic carbocycles. The Kier molecular flexibility index (Phi) is 7.29. The van der Waals surface area contributed by atoms with Crippen molar-refractivity contribution in [3.05, 3.63) is 54.1 Å². The summed E-state index contributed by atoms with van der Waals surface area (Å²) in [5.74, 6) is 1.82. The van der Waals surface area contributed by atoms with E-state index in [1.54, 1.807) is 7.11 Å². The third-order valence-corrected chi connectivity index (χ3v) is 3.82. The molecule has 0 aliphatic rings. The van der Waals surface area contributed by atoms with E-state index in [-0.39, 0.29) is 11.8 Å². The molecule has 0 spiro atoms. The van der Waals surface area contributed by atoms with Gasteiger partial charge in [0.25, 0.3) is 0 Å². The van der Waals surface area contributed by atoms with Gasteiger partial charge in [0.1, 0.15) is 18.1 Å². The number of anilines is 1. The van der Waals surface area contributed by atoms with Crippen molar-refractivity contribution >= 4 is 11.6 Å². The van der Waals surface area contributed by atoms with Gasteiger partial charge in [-0.25, -0.2) is 0 Å². The fraction of sp³-hybridized carbons (Fsp3) is 0.350. The van der Waals surface area contributed by atoms with Crippen molar-refractivity contribution in [3.63, 3.8) is 0 Å². The number of carbonyl (C=O) groups is 1. The van der Waals surface area contributed by atoms with Crippen LogP contribution in [0.5, 0.6) is 11.5 Å². The highest BCUT2D eigenvalue weighted by Gasteiger charge is 2.12. The molecule has 0 aliphatic heterocycles. The average molecular weight is 342 g/mol. The zero-order valence-corrected chi connectivity index (χ0v) is 14.8. The van der Waals surface area contributed by atoms with Crippen molar-refractivity contribution in [2.45, 2.75) is 19.8 Å². The molecule has 1 amide bonds. The minimum atomic E-state index is -0.00183. The van der Waals surface area contributed by atoms with Crippen LogP contribution < -0.4 is 20.5 Å². The van der Waals surface area contributed by atoms with Crippen LogP contribution in [0.1, 0.15) is 18.9 Å². The van der Waals surface area contributed by atoms with Crippen LogP contribution in [0.3, 0.4) is 0 Å². The molecule has 0 fully saturated rings. The van der Waals surface area contributed by atoms with Crippen LogP contribution in [0.25, 0.3) is 0 Å². The number of hydrogen-bond acceptors (Lipinski definition) is 4. The largest absolute Gasteiger partial charge is 0.496 e. The number of nitrogens with one attached hydrogen (secondary N) is 1. The third kappa shape index (κ3) is 6.12. The zero-order valence-electron chi connectivity index (χ0n) is 14.8. The summed E-state index contributed by atoms with van der Waals surface area (Å²) in [5, 5.41) is 2.92. The first-order chi connectivity index (χ1) is 12.1. The number of amides is 1. The minimum Gasteiger partial charge on any atom is -0.496 e. The van der Waals surface area contributed by atoms with Crippen LogP contribution in [-0.4, -0.2) is 26.2 Å². The van der Waals surface area contributed by atoms with E-state index < -0.39 is 0 Å². The van der Waals surface area contributed by atoms with Crippen LogP contribution in [0, 0.1) is 5.92 Å². The number of benzene rings is 2. The zero-order chi connectivity index (χ0) is 18.1. The van der Waals surface area contributed by atoms with E-state index in [1.165, 1.54) is 0 Å². The van der Waals surface area contributed by atoms with Crippen molar-refractivity contribution in [2.75, 3.05) is 25.6 Å². The highest BCUT2D eigenvalue weighted by Crippen LogP contribution is 2.22. The summed E-state index contributed by atoms with van der Waals surface area (Å²) in [4.78, 5) is 12.2. The summed E-state index contributed by atoms with van der Waals surface area (Å²) < 4.78 is 10.8. The van der Waals surface area contributed by atoms with Crippen LogP contribution in [0.4, 0.5) is 5.69 Å². The van der Waals surface area contributed by atoms with E-state index in [1.807, 2.05) is 48.5 Å². The molecule has 0 heterocycles. The van der Waals surface area contributed by atoms with E-state index in [0.29, 0.717) is 19.6 Å². The number of rotatable bonds is 9. The molecule has 1 unspecified atom stereocenters. The molecule has 5 nitrogen and oxygen atoms in total. The molecule has 0 saturated heterocycles. The fourth-order valence-corrected chi connectivity index (χ4v) is 2.66. The van der Waals surface area contributed by atoms with Crippen molar-refractivity contribution < 1.29 is 14.3 Å². The summed E-state index contributed by atoms with van der Waals surface area (Å²) in [5.41, 5.74) is 7.28.